The van der Waals surface area contributed by atoms with Gasteiger partial charge in [-0.25, -0.2) is 0 Å². The molecule has 35 heavy (non-hydrogen) atoms. The van der Waals surface area contributed by atoms with Crippen molar-refractivity contribution in [3.8, 4) is 5.75 Å². The lowest BCUT2D eigenvalue weighted by Crippen LogP contribution is -2.30. The van der Waals surface area contributed by atoms with Gasteiger partial charge in [0, 0.05) is 18.7 Å². The maximum absolute atomic E-state index is 12.9. The van der Waals surface area contributed by atoms with Gasteiger partial charge in [0.05, 0.1) is 23.4 Å². The van der Waals surface area contributed by atoms with Crippen LogP contribution in [-0.2, 0) is 19.2 Å². The molecule has 0 aromatic heterocycles. The number of hydrogen-bond donors (Lipinski definition) is 0. The van der Waals surface area contributed by atoms with Crippen LogP contribution in [0.25, 0.3) is 0 Å². The number of benzene rings is 2. The van der Waals surface area contributed by atoms with Gasteiger partial charge in [-0.15, -0.1) is 0 Å². The van der Waals surface area contributed by atoms with Crippen molar-refractivity contribution in [1.82, 2.24) is 0 Å². The molecule has 2 aromatic carbocycles. The molecule has 7 heteroatoms. The van der Waals surface area contributed by atoms with Gasteiger partial charge in [-0.2, -0.15) is 0 Å². The molecule has 1 aliphatic carbocycles. The van der Waals surface area contributed by atoms with E-state index < -0.39 is 11.9 Å². The Labute approximate surface area is 205 Å². The standard InChI is InChI=1S/C28H30N2O5/c1-16-5-11-24(18(3)12-16)29-15-19(14-25(29)31)28(34)35-21-8-6-20(7-9-21)30-26(32)22-10-4-17(2)13-23(22)27(30)33/h5-9,11-12,17,19,22-23H,4,10,13-15H2,1-3H3/t17-,19-,22-,23+/m1/s1. The van der Waals surface area contributed by atoms with Crippen molar-refractivity contribution in [3.05, 3.63) is 53.6 Å². The predicted molar refractivity (Wildman–Crippen MR) is 131 cm³/mol. The lowest BCUT2D eigenvalue weighted by atomic mass is 9.76. The SMILES string of the molecule is Cc1ccc(N2C[C@H](C(=O)Oc3ccc(N4C(=O)[C@H]5C[C@H](C)CC[C@H]5C4=O)cc3)CC2=O)c(C)c1. The normalized spacial score (nSPS) is 26.3. The number of aryl methyl sites for hydroxylation is 2. The van der Waals surface area contributed by atoms with E-state index >= 15 is 0 Å². The summed E-state index contributed by atoms with van der Waals surface area (Å²) in [5.41, 5.74) is 3.42. The van der Waals surface area contributed by atoms with Crippen molar-refractivity contribution in [1.29, 1.82) is 0 Å². The number of rotatable bonds is 4. The molecule has 5 rings (SSSR count). The quantitative estimate of drug-likeness (QED) is 0.377. The van der Waals surface area contributed by atoms with E-state index in [9.17, 15) is 19.2 Å². The molecule has 3 fully saturated rings. The van der Waals surface area contributed by atoms with Crippen molar-refractivity contribution in [2.75, 3.05) is 16.3 Å². The molecule has 0 N–H and O–H groups in total. The molecule has 2 heterocycles. The average Bonchev–Trinajstić information content (AvgIpc) is 3.32. The molecule has 1 saturated carbocycles. The minimum atomic E-state index is -0.560. The number of hydrogen-bond acceptors (Lipinski definition) is 5. The zero-order valence-electron chi connectivity index (χ0n) is 20.3. The molecule has 0 bridgehead atoms. The highest BCUT2D eigenvalue weighted by Gasteiger charge is 2.50. The van der Waals surface area contributed by atoms with Crippen LogP contribution in [0.3, 0.4) is 0 Å². The summed E-state index contributed by atoms with van der Waals surface area (Å²) in [7, 11) is 0. The van der Waals surface area contributed by atoms with E-state index in [4.69, 9.17) is 4.74 Å². The molecule has 4 atom stereocenters. The molecule has 3 aliphatic rings. The average molecular weight is 475 g/mol. The molecular weight excluding hydrogens is 444 g/mol. The Balaban J connectivity index is 1.25. The summed E-state index contributed by atoms with van der Waals surface area (Å²) in [5, 5.41) is 0. The van der Waals surface area contributed by atoms with Crippen LogP contribution in [-0.4, -0.2) is 30.2 Å². The summed E-state index contributed by atoms with van der Waals surface area (Å²) in [6.45, 7) is 6.35. The van der Waals surface area contributed by atoms with E-state index in [2.05, 4.69) is 6.92 Å². The third-order valence-electron chi connectivity index (χ3n) is 7.60. The highest BCUT2D eigenvalue weighted by atomic mass is 16.5. The molecule has 0 radical (unpaired) electrons. The monoisotopic (exact) mass is 474 g/mol. The molecule has 0 unspecified atom stereocenters. The zero-order chi connectivity index (χ0) is 24.9. The summed E-state index contributed by atoms with van der Waals surface area (Å²) >= 11 is 0. The Morgan fingerprint density at radius 2 is 1.66 bits per heavy atom. The first-order chi connectivity index (χ1) is 16.7. The van der Waals surface area contributed by atoms with Crippen LogP contribution in [0.5, 0.6) is 5.75 Å². The summed E-state index contributed by atoms with van der Waals surface area (Å²) in [6, 6.07) is 12.3. The number of amides is 3. The first kappa shape index (κ1) is 23.3. The van der Waals surface area contributed by atoms with E-state index in [0.29, 0.717) is 17.4 Å². The lowest BCUT2D eigenvalue weighted by molar-refractivity contribution is -0.139. The van der Waals surface area contributed by atoms with Gasteiger partial charge in [0.2, 0.25) is 17.7 Å². The smallest absolute Gasteiger partial charge is 0.316 e. The van der Waals surface area contributed by atoms with Crippen molar-refractivity contribution in [2.24, 2.45) is 23.7 Å². The predicted octanol–water partition coefficient (Wildman–Crippen LogP) is 4.19. The Morgan fingerprint density at radius 3 is 2.37 bits per heavy atom. The fourth-order valence-electron chi connectivity index (χ4n) is 5.71. The molecule has 182 valence electrons. The maximum atomic E-state index is 12.9. The van der Waals surface area contributed by atoms with Crippen LogP contribution in [0.4, 0.5) is 11.4 Å². The van der Waals surface area contributed by atoms with Crippen LogP contribution in [0.15, 0.2) is 42.5 Å². The number of fused-ring (bicyclic) bond motifs is 1. The minimum Gasteiger partial charge on any atom is -0.426 e. The zero-order valence-corrected chi connectivity index (χ0v) is 20.3. The summed E-state index contributed by atoms with van der Waals surface area (Å²) in [5.74, 6) is -1.08. The molecule has 2 aromatic rings. The second kappa shape index (κ2) is 8.95. The van der Waals surface area contributed by atoms with Gasteiger partial charge in [-0.3, -0.25) is 24.1 Å². The molecule has 7 nitrogen and oxygen atoms in total. The van der Waals surface area contributed by atoms with Crippen LogP contribution in [0, 0.1) is 37.5 Å². The molecule has 2 aliphatic heterocycles. The van der Waals surface area contributed by atoms with Gasteiger partial charge in [-0.05, 0) is 74.9 Å². The fraction of sp³-hybridized carbons (Fsp3) is 0.429. The van der Waals surface area contributed by atoms with Crippen LogP contribution in [0.1, 0.15) is 43.7 Å². The number of carbonyl (C=O) groups is 4. The summed E-state index contributed by atoms with van der Waals surface area (Å²) < 4.78 is 5.55. The number of carbonyl (C=O) groups excluding carboxylic acids is 4. The Morgan fingerprint density at radius 1 is 0.943 bits per heavy atom. The minimum absolute atomic E-state index is 0.0994. The third-order valence-corrected chi connectivity index (χ3v) is 7.60. The van der Waals surface area contributed by atoms with E-state index in [1.165, 1.54) is 4.90 Å². The number of ether oxygens (including phenoxy) is 1. The summed E-state index contributed by atoms with van der Waals surface area (Å²) in [4.78, 5) is 54.2. The van der Waals surface area contributed by atoms with Crippen molar-refractivity contribution in [2.45, 2.75) is 46.5 Å². The van der Waals surface area contributed by atoms with Gasteiger partial charge in [0.15, 0.2) is 0 Å². The molecular formula is C28H30N2O5. The van der Waals surface area contributed by atoms with E-state index in [-0.39, 0.29) is 42.5 Å². The largest absolute Gasteiger partial charge is 0.426 e. The Hall–Kier alpha value is -3.48. The number of nitrogens with zero attached hydrogens (tertiary/aromatic N) is 2. The second-order valence-corrected chi connectivity index (χ2v) is 10.3. The first-order valence-corrected chi connectivity index (χ1v) is 12.3. The van der Waals surface area contributed by atoms with E-state index in [0.717, 1.165) is 36.1 Å². The van der Waals surface area contributed by atoms with Gasteiger partial charge in [0.1, 0.15) is 5.75 Å². The first-order valence-electron chi connectivity index (χ1n) is 12.3. The van der Waals surface area contributed by atoms with Crippen LogP contribution in [0.2, 0.25) is 0 Å². The van der Waals surface area contributed by atoms with Gasteiger partial charge < -0.3 is 9.64 Å². The van der Waals surface area contributed by atoms with Crippen LogP contribution >= 0.6 is 0 Å². The highest BCUT2D eigenvalue weighted by molar-refractivity contribution is 6.22. The van der Waals surface area contributed by atoms with Gasteiger partial charge in [0.25, 0.3) is 0 Å². The van der Waals surface area contributed by atoms with Crippen molar-refractivity contribution < 1.29 is 23.9 Å². The Bertz CT molecular complexity index is 1200. The number of anilines is 2. The topological polar surface area (TPSA) is 84.0 Å². The van der Waals surface area contributed by atoms with Gasteiger partial charge >= 0.3 is 5.97 Å². The number of imide groups is 1. The fourth-order valence-corrected chi connectivity index (χ4v) is 5.71. The van der Waals surface area contributed by atoms with E-state index in [1.54, 1.807) is 29.2 Å². The van der Waals surface area contributed by atoms with Gasteiger partial charge in [-0.1, -0.05) is 24.6 Å². The van der Waals surface area contributed by atoms with Crippen LogP contribution < -0.4 is 14.5 Å². The van der Waals surface area contributed by atoms with Crippen molar-refractivity contribution >= 4 is 35.1 Å². The number of esters is 1. The van der Waals surface area contributed by atoms with E-state index in [1.807, 2.05) is 32.0 Å². The molecule has 2 saturated heterocycles. The third kappa shape index (κ3) is 4.24. The summed E-state index contributed by atoms with van der Waals surface area (Å²) in [6.07, 6.45) is 2.57. The molecule has 0 spiro atoms. The second-order valence-electron chi connectivity index (χ2n) is 10.3. The highest BCUT2D eigenvalue weighted by Crippen LogP contribution is 2.42. The lowest BCUT2D eigenvalue weighted by Gasteiger charge is -2.25. The Kier molecular flexibility index (Phi) is 5.95. The molecule has 3 amide bonds. The van der Waals surface area contributed by atoms with Crippen molar-refractivity contribution in [3.63, 3.8) is 0 Å². The maximum Gasteiger partial charge on any atom is 0.316 e.